The topological polar surface area (TPSA) is 118 Å². The van der Waals surface area contributed by atoms with Gasteiger partial charge in [-0.15, -0.1) is 11.3 Å². The third-order valence-electron chi connectivity index (χ3n) is 8.01. The molecule has 2 amide bonds. The van der Waals surface area contributed by atoms with Crippen LogP contribution in [-0.2, 0) is 6.54 Å². The molecule has 6 rings (SSSR count). The fourth-order valence-corrected chi connectivity index (χ4v) is 7.08. The van der Waals surface area contributed by atoms with Crippen molar-refractivity contribution in [3.8, 4) is 11.5 Å². The third kappa shape index (κ3) is 6.98. The lowest BCUT2D eigenvalue weighted by molar-refractivity contribution is 0.0623. The number of hydrogen-bond donors (Lipinski definition) is 3. The van der Waals surface area contributed by atoms with Crippen molar-refractivity contribution in [3.05, 3.63) is 99.1 Å². The van der Waals surface area contributed by atoms with Gasteiger partial charge in [-0.3, -0.25) is 9.59 Å². The van der Waals surface area contributed by atoms with Gasteiger partial charge in [-0.25, -0.2) is 9.97 Å². The van der Waals surface area contributed by atoms with Crippen LogP contribution in [0.25, 0.3) is 10.2 Å². The van der Waals surface area contributed by atoms with Crippen LogP contribution in [0.2, 0.25) is 10.0 Å². The molecule has 0 spiro atoms. The molecule has 2 aromatic heterocycles. The van der Waals surface area contributed by atoms with E-state index in [0.29, 0.717) is 45.2 Å². The third-order valence-corrected chi connectivity index (χ3v) is 9.74. The van der Waals surface area contributed by atoms with E-state index < -0.39 is 5.91 Å². The number of methoxy groups -OCH3 is 2. The zero-order valence-electron chi connectivity index (χ0n) is 25.7. The highest BCUT2D eigenvalue weighted by Gasteiger charge is 2.27. The van der Waals surface area contributed by atoms with E-state index in [1.807, 2.05) is 47.4 Å². The summed E-state index contributed by atoms with van der Waals surface area (Å²) in [5.74, 6) is 0.666. The SMILES string of the molecule is COc1cc(OC)c(Cl)c(NC(=O)c2csc3c(Nc4ccc(C(=O)N(Cc5ccccc5)C5CCNCC5)cc4)ncnc23)c1Cl. The van der Waals surface area contributed by atoms with Gasteiger partial charge >= 0.3 is 0 Å². The number of rotatable bonds is 10. The highest BCUT2D eigenvalue weighted by Crippen LogP contribution is 2.44. The predicted molar refractivity (Wildman–Crippen MR) is 187 cm³/mol. The highest BCUT2D eigenvalue weighted by molar-refractivity contribution is 7.18. The number of amides is 2. The van der Waals surface area contributed by atoms with E-state index in [9.17, 15) is 9.59 Å². The second-order valence-corrected chi connectivity index (χ2v) is 12.5. The normalized spacial score (nSPS) is 13.3. The molecule has 1 aliphatic heterocycles. The van der Waals surface area contributed by atoms with Crippen LogP contribution in [-0.4, -0.2) is 60.0 Å². The number of piperidine rings is 1. The summed E-state index contributed by atoms with van der Waals surface area (Å²) in [6.45, 7) is 2.34. The molecule has 3 N–H and O–H groups in total. The van der Waals surface area contributed by atoms with Crippen LogP contribution in [0.1, 0.15) is 39.1 Å². The lowest BCUT2D eigenvalue weighted by Crippen LogP contribution is -2.45. The Balaban J connectivity index is 1.21. The van der Waals surface area contributed by atoms with Crippen LogP contribution in [0, 0.1) is 0 Å². The van der Waals surface area contributed by atoms with Crippen molar-refractivity contribution in [1.29, 1.82) is 0 Å². The number of thiophene rings is 1. The molecule has 3 heterocycles. The Morgan fingerprint density at radius 2 is 1.66 bits per heavy atom. The molecular weight excluding hydrogens is 659 g/mol. The molecular formula is C34H32Cl2N6O4S. The molecule has 242 valence electrons. The fourth-order valence-electron chi connectivity index (χ4n) is 5.54. The van der Waals surface area contributed by atoms with Gasteiger partial charge in [-0.1, -0.05) is 53.5 Å². The van der Waals surface area contributed by atoms with Crippen molar-refractivity contribution in [1.82, 2.24) is 20.2 Å². The van der Waals surface area contributed by atoms with Gasteiger partial charge in [0.15, 0.2) is 5.82 Å². The second kappa shape index (κ2) is 14.6. The van der Waals surface area contributed by atoms with Gasteiger partial charge in [-0.2, -0.15) is 0 Å². The summed E-state index contributed by atoms with van der Waals surface area (Å²) in [5, 5.41) is 11.5. The number of ether oxygens (including phenoxy) is 2. The van der Waals surface area contributed by atoms with Crippen molar-refractivity contribution in [3.63, 3.8) is 0 Å². The molecule has 1 fully saturated rings. The summed E-state index contributed by atoms with van der Waals surface area (Å²) in [7, 11) is 2.92. The van der Waals surface area contributed by atoms with Gasteiger partial charge in [0.2, 0.25) is 0 Å². The maximum absolute atomic E-state index is 13.8. The standard InChI is InChI=1S/C34H32Cl2N6O4S/c1-45-25-16-26(46-2)28(36)30(27(25)35)41-33(43)24-18-47-31-29(24)38-19-39-32(31)40-22-10-8-21(9-11-22)34(44)42(23-12-14-37-15-13-23)17-20-6-4-3-5-7-20/h3-11,16,18-19,23,37H,12-15,17H2,1-2H3,(H,41,43)(H,38,39,40). The highest BCUT2D eigenvalue weighted by atomic mass is 35.5. The first kappa shape index (κ1) is 32.5. The summed E-state index contributed by atoms with van der Waals surface area (Å²) in [6.07, 6.45) is 3.22. The van der Waals surface area contributed by atoms with Crippen LogP contribution >= 0.6 is 34.5 Å². The molecule has 0 radical (unpaired) electrons. The summed E-state index contributed by atoms with van der Waals surface area (Å²) in [4.78, 5) is 38.0. The van der Waals surface area contributed by atoms with Crippen LogP contribution in [0.5, 0.6) is 11.5 Å². The van der Waals surface area contributed by atoms with Crippen LogP contribution in [0.15, 0.2) is 72.4 Å². The number of hydrogen-bond acceptors (Lipinski definition) is 9. The molecule has 1 saturated heterocycles. The van der Waals surface area contributed by atoms with E-state index in [1.165, 1.54) is 31.9 Å². The Morgan fingerprint density at radius 3 is 2.32 bits per heavy atom. The van der Waals surface area contributed by atoms with Crippen molar-refractivity contribution in [2.24, 2.45) is 0 Å². The molecule has 10 nitrogen and oxygen atoms in total. The number of halogens is 2. The molecule has 5 aromatic rings. The lowest BCUT2D eigenvalue weighted by atomic mass is 10.0. The maximum atomic E-state index is 13.8. The van der Waals surface area contributed by atoms with Crippen LogP contribution in [0.4, 0.5) is 17.2 Å². The minimum Gasteiger partial charge on any atom is -0.495 e. The van der Waals surface area contributed by atoms with Crippen molar-refractivity contribution in [2.45, 2.75) is 25.4 Å². The summed E-state index contributed by atoms with van der Waals surface area (Å²) >= 11 is 14.3. The van der Waals surface area contributed by atoms with E-state index in [2.05, 4.69) is 38.1 Å². The van der Waals surface area contributed by atoms with Crippen molar-refractivity contribution in [2.75, 3.05) is 37.9 Å². The smallest absolute Gasteiger partial charge is 0.258 e. The number of nitrogens with one attached hydrogen (secondary N) is 3. The first-order valence-electron chi connectivity index (χ1n) is 14.9. The predicted octanol–water partition coefficient (Wildman–Crippen LogP) is 7.41. The Kier molecular flexibility index (Phi) is 10.1. The van der Waals surface area contributed by atoms with Gasteiger partial charge in [0.1, 0.15) is 27.9 Å². The van der Waals surface area contributed by atoms with Gasteiger partial charge in [0, 0.05) is 35.3 Å². The lowest BCUT2D eigenvalue weighted by Gasteiger charge is -2.35. The molecule has 0 atom stereocenters. The monoisotopic (exact) mass is 690 g/mol. The number of carbonyl (C=O) groups is 2. The summed E-state index contributed by atoms with van der Waals surface area (Å²) < 4.78 is 11.3. The fraction of sp³-hybridized carbons (Fsp3) is 0.235. The number of benzene rings is 3. The van der Waals surface area contributed by atoms with Gasteiger partial charge < -0.3 is 30.3 Å². The van der Waals surface area contributed by atoms with Crippen molar-refractivity contribution < 1.29 is 19.1 Å². The number of fused-ring (bicyclic) bond motifs is 1. The number of anilines is 3. The Bertz CT molecular complexity index is 1870. The van der Waals surface area contributed by atoms with Gasteiger partial charge in [0.25, 0.3) is 11.8 Å². The summed E-state index contributed by atoms with van der Waals surface area (Å²) in [6, 6.07) is 19.1. The van der Waals surface area contributed by atoms with Crippen LogP contribution in [0.3, 0.4) is 0 Å². The van der Waals surface area contributed by atoms with Crippen molar-refractivity contribution >= 4 is 73.8 Å². The van der Waals surface area contributed by atoms with E-state index in [0.717, 1.165) is 37.2 Å². The Morgan fingerprint density at radius 1 is 0.979 bits per heavy atom. The minimum absolute atomic E-state index is 0.000460. The molecule has 0 bridgehead atoms. The zero-order valence-corrected chi connectivity index (χ0v) is 28.0. The molecule has 47 heavy (non-hydrogen) atoms. The van der Waals surface area contributed by atoms with E-state index in [1.54, 1.807) is 11.4 Å². The Labute approximate surface area is 286 Å². The average molecular weight is 692 g/mol. The van der Waals surface area contributed by atoms with E-state index in [-0.39, 0.29) is 27.7 Å². The van der Waals surface area contributed by atoms with Crippen LogP contribution < -0.4 is 25.4 Å². The minimum atomic E-state index is -0.461. The molecule has 0 aliphatic carbocycles. The second-order valence-electron chi connectivity index (χ2n) is 10.9. The Hall–Kier alpha value is -4.42. The van der Waals surface area contributed by atoms with Gasteiger partial charge in [0.05, 0.1) is 35.7 Å². The molecule has 1 aliphatic rings. The molecule has 0 saturated carbocycles. The molecule has 3 aromatic carbocycles. The van der Waals surface area contributed by atoms with E-state index >= 15 is 0 Å². The first-order chi connectivity index (χ1) is 22.9. The zero-order chi connectivity index (χ0) is 32.9. The summed E-state index contributed by atoms with van der Waals surface area (Å²) in [5.41, 5.74) is 3.39. The maximum Gasteiger partial charge on any atom is 0.258 e. The number of carbonyl (C=O) groups excluding carboxylic acids is 2. The largest absolute Gasteiger partial charge is 0.495 e. The molecule has 0 unspecified atom stereocenters. The van der Waals surface area contributed by atoms with E-state index in [4.69, 9.17) is 32.7 Å². The number of nitrogens with zero attached hydrogens (tertiary/aromatic N) is 3. The average Bonchev–Trinajstić information content (AvgIpc) is 3.55. The molecule has 13 heteroatoms. The number of aromatic nitrogens is 2. The quantitative estimate of drug-likeness (QED) is 0.139. The first-order valence-corrected chi connectivity index (χ1v) is 16.6. The van der Waals surface area contributed by atoms with Gasteiger partial charge in [-0.05, 0) is 55.8 Å².